The second-order valence-corrected chi connectivity index (χ2v) is 27.4. The molecule has 18 nitrogen and oxygen atoms in total. The number of aryl methyl sites for hydroxylation is 1. The van der Waals surface area contributed by atoms with E-state index in [9.17, 15) is 44.9 Å². The molecule has 0 spiro atoms. The van der Waals surface area contributed by atoms with E-state index < -0.39 is 75.9 Å². The van der Waals surface area contributed by atoms with Crippen molar-refractivity contribution in [3.63, 3.8) is 0 Å². The molecule has 1 aromatic heterocycles. The largest absolute Gasteiger partial charge is 0.439 e. The van der Waals surface area contributed by atoms with E-state index >= 15 is 0 Å². The highest BCUT2D eigenvalue weighted by molar-refractivity contribution is 7.93. The van der Waals surface area contributed by atoms with Crippen molar-refractivity contribution >= 4 is 99.0 Å². The van der Waals surface area contributed by atoms with Crippen molar-refractivity contribution in [1.82, 2.24) is 4.98 Å². The lowest BCUT2D eigenvalue weighted by Gasteiger charge is -2.31. The summed E-state index contributed by atoms with van der Waals surface area (Å²) in [6, 6.07) is 18.5. The SMILES string of the molecule is CCC(C)(C)c1cc(C(C)(C)CC)c2oc(C(C#N)Cc3ccc(N(C(=O)OC(C(=O)Nc4cc(NS(=O)(=O)c5ccc(NS(C)(=O)=O)cc5NS(C)(=O)=O)ccc4Cl)C(=O)C(C)(C)C)C4CCCC4)cc3C)nc2c1. The molecule has 2 amide bonds. The third kappa shape index (κ3) is 14.0. The molecule has 2 unspecified atom stereocenters. The Labute approximate surface area is 451 Å². The molecule has 4 aromatic carbocycles. The Balaban J connectivity index is 1.27. The molecule has 410 valence electrons. The van der Waals surface area contributed by atoms with E-state index in [1.165, 1.54) is 17.0 Å². The van der Waals surface area contributed by atoms with Crippen molar-refractivity contribution < 1.29 is 48.8 Å². The average molecular weight is 1120 g/mol. The number of anilines is 5. The van der Waals surface area contributed by atoms with Gasteiger partial charge in [0.15, 0.2) is 11.4 Å². The number of hydrogen-bond acceptors (Lipinski definition) is 13. The summed E-state index contributed by atoms with van der Waals surface area (Å²) in [4.78, 5) is 48.7. The number of nitriles is 1. The topological polar surface area (TPSA) is 264 Å². The van der Waals surface area contributed by atoms with Crippen LogP contribution in [-0.4, -0.2) is 72.7 Å². The van der Waals surface area contributed by atoms with Gasteiger partial charge in [0.2, 0.25) is 32.0 Å². The van der Waals surface area contributed by atoms with Crippen molar-refractivity contribution in [2.45, 2.75) is 148 Å². The van der Waals surface area contributed by atoms with Crippen LogP contribution in [0.25, 0.3) is 11.1 Å². The summed E-state index contributed by atoms with van der Waals surface area (Å²) in [6.07, 6.45) is 3.58. The van der Waals surface area contributed by atoms with Gasteiger partial charge in [0, 0.05) is 22.7 Å². The van der Waals surface area contributed by atoms with Crippen molar-refractivity contribution in [3.8, 4) is 6.07 Å². The standard InChI is InChI=1S/C54H68ClN7O11S3/c1-13-53(7,8)35-27-40(54(9,10)14-2)46-44(28-35)58-50(72-46)34(31-56)26-33-19-22-39(25-32(33)3)62(38-17-15-16-18-38)51(65)73-47(48(63)52(4,5)6)49(64)57-42-29-37(20-23-41(42)55)60-76(70,71)45-24-21-36(59-74(11,66)67)30-43(45)61-75(12,68)69/h19-25,27-30,34,38,47,59-61H,13-18,26H2,1-12H3,(H,57,64). The Morgan fingerprint density at radius 2 is 1.42 bits per heavy atom. The van der Waals surface area contributed by atoms with Crippen LogP contribution in [0.1, 0.15) is 135 Å². The normalized spacial score (nSPS) is 14.6. The van der Waals surface area contributed by atoms with Gasteiger partial charge in [0.05, 0.1) is 46.4 Å². The number of benzene rings is 4. The number of ketones is 1. The van der Waals surface area contributed by atoms with E-state index in [2.05, 4.69) is 79.2 Å². The Kier molecular flexibility index (Phi) is 17.4. The molecule has 4 N–H and O–H groups in total. The second kappa shape index (κ2) is 22.4. The van der Waals surface area contributed by atoms with Crippen molar-refractivity contribution in [1.29, 1.82) is 5.26 Å². The van der Waals surface area contributed by atoms with Gasteiger partial charge in [-0.3, -0.25) is 28.7 Å². The number of nitrogens with one attached hydrogen (secondary N) is 4. The molecule has 1 saturated carbocycles. The highest BCUT2D eigenvalue weighted by Crippen LogP contribution is 2.40. The lowest BCUT2D eigenvalue weighted by Crippen LogP contribution is -2.48. The predicted molar refractivity (Wildman–Crippen MR) is 298 cm³/mol. The molecule has 1 heterocycles. The minimum atomic E-state index is -4.65. The Hall–Kier alpha value is -6.21. The summed E-state index contributed by atoms with van der Waals surface area (Å²) in [5.74, 6) is -2.27. The molecule has 0 aliphatic heterocycles. The van der Waals surface area contributed by atoms with Crippen molar-refractivity contribution in [2.75, 3.05) is 36.9 Å². The maximum Gasteiger partial charge on any atom is 0.415 e. The number of Topliss-reactive ketones (excluding diaryl/α,β-unsaturated/α-hetero) is 1. The number of rotatable bonds is 20. The van der Waals surface area contributed by atoms with Gasteiger partial charge < -0.3 is 14.5 Å². The highest BCUT2D eigenvalue weighted by atomic mass is 35.5. The number of halogens is 1. The summed E-state index contributed by atoms with van der Waals surface area (Å²) in [5.41, 5.74) is 3.09. The van der Waals surface area contributed by atoms with Crippen molar-refractivity contribution in [3.05, 3.63) is 99.9 Å². The fourth-order valence-electron chi connectivity index (χ4n) is 8.77. The van der Waals surface area contributed by atoms with Crippen LogP contribution in [0, 0.1) is 23.7 Å². The predicted octanol–water partition coefficient (Wildman–Crippen LogP) is 11.1. The first kappa shape index (κ1) is 59.0. The van der Waals surface area contributed by atoms with Gasteiger partial charge in [-0.15, -0.1) is 0 Å². The number of carbonyl (C=O) groups is 3. The fraction of sp³-hybridized carbons (Fsp3) is 0.463. The number of hydrogen-bond donors (Lipinski definition) is 4. The lowest BCUT2D eigenvalue weighted by atomic mass is 9.76. The quantitative estimate of drug-likeness (QED) is 0.0529. The zero-order valence-electron chi connectivity index (χ0n) is 45.0. The minimum Gasteiger partial charge on any atom is -0.439 e. The number of carbonyl (C=O) groups excluding carboxylic acids is 3. The molecule has 1 fully saturated rings. The number of fused-ring (bicyclic) bond motifs is 1. The van der Waals surface area contributed by atoms with Crippen LogP contribution in [0.5, 0.6) is 0 Å². The van der Waals surface area contributed by atoms with Gasteiger partial charge in [-0.05, 0) is 121 Å². The number of ether oxygens (including phenoxy) is 1. The fourth-order valence-corrected chi connectivity index (χ4v) is 11.3. The smallest absolute Gasteiger partial charge is 0.415 e. The van der Waals surface area contributed by atoms with Crippen LogP contribution in [0.2, 0.25) is 5.02 Å². The second-order valence-electron chi connectivity index (χ2n) is 21.8. The van der Waals surface area contributed by atoms with Crippen LogP contribution in [0.3, 0.4) is 0 Å². The molecular formula is C54H68ClN7O11S3. The number of amides is 2. The van der Waals surface area contributed by atoms with E-state index in [0.29, 0.717) is 35.5 Å². The maximum atomic E-state index is 14.6. The number of sulfonamides is 3. The Bertz CT molecular complexity index is 3450. The highest BCUT2D eigenvalue weighted by Gasteiger charge is 2.41. The lowest BCUT2D eigenvalue weighted by molar-refractivity contribution is -0.142. The van der Waals surface area contributed by atoms with Crippen LogP contribution in [0.4, 0.5) is 33.2 Å². The van der Waals surface area contributed by atoms with Crippen molar-refractivity contribution in [2.24, 2.45) is 5.41 Å². The molecule has 1 aliphatic carbocycles. The van der Waals surface area contributed by atoms with Gasteiger partial charge in [0.25, 0.3) is 15.9 Å². The van der Waals surface area contributed by atoms with Gasteiger partial charge in [0.1, 0.15) is 16.3 Å². The number of oxazole rings is 1. The third-order valence-corrected chi connectivity index (χ3v) is 16.9. The zero-order valence-corrected chi connectivity index (χ0v) is 48.2. The van der Waals surface area contributed by atoms with Gasteiger partial charge >= 0.3 is 6.09 Å². The zero-order chi connectivity index (χ0) is 56.5. The summed E-state index contributed by atoms with van der Waals surface area (Å²) >= 11 is 6.52. The molecule has 0 radical (unpaired) electrons. The van der Waals surface area contributed by atoms with E-state index in [4.69, 9.17) is 25.7 Å². The summed E-state index contributed by atoms with van der Waals surface area (Å²) < 4.78 is 94.8. The van der Waals surface area contributed by atoms with E-state index in [0.717, 1.165) is 84.7 Å². The summed E-state index contributed by atoms with van der Waals surface area (Å²) in [6.45, 7) is 19.6. The van der Waals surface area contributed by atoms with Crippen LogP contribution >= 0.6 is 11.6 Å². The van der Waals surface area contributed by atoms with Crippen LogP contribution in [0.15, 0.2) is 76.0 Å². The molecule has 1 aliphatic rings. The molecule has 0 saturated heterocycles. The molecule has 2 atom stereocenters. The molecule has 76 heavy (non-hydrogen) atoms. The van der Waals surface area contributed by atoms with Crippen LogP contribution < -0.4 is 24.4 Å². The monoisotopic (exact) mass is 1120 g/mol. The molecule has 6 rings (SSSR count). The Morgan fingerprint density at radius 3 is 2.00 bits per heavy atom. The van der Waals surface area contributed by atoms with E-state index in [1.54, 1.807) is 26.8 Å². The average Bonchev–Trinajstić information content (AvgIpc) is 4.00. The maximum absolute atomic E-state index is 14.6. The van der Waals surface area contributed by atoms with E-state index in [1.807, 2.05) is 19.1 Å². The first-order valence-corrected chi connectivity index (χ1v) is 30.5. The first-order valence-electron chi connectivity index (χ1n) is 24.9. The van der Waals surface area contributed by atoms with Gasteiger partial charge in [-0.25, -0.2) is 35.0 Å². The number of nitrogens with zero attached hydrogens (tertiary/aromatic N) is 3. The molecule has 0 bridgehead atoms. The first-order chi connectivity index (χ1) is 35.2. The molecular weight excluding hydrogens is 1050 g/mol. The summed E-state index contributed by atoms with van der Waals surface area (Å²) in [5, 5.41) is 13.0. The van der Waals surface area contributed by atoms with Gasteiger partial charge in [-0.2, -0.15) is 5.26 Å². The third-order valence-electron chi connectivity index (χ3n) is 13.9. The minimum absolute atomic E-state index is 0.0894. The number of aromatic nitrogens is 1. The molecule has 5 aromatic rings. The molecule has 22 heteroatoms. The van der Waals surface area contributed by atoms with Gasteiger partial charge in [-0.1, -0.05) is 98.9 Å². The van der Waals surface area contributed by atoms with Crippen LogP contribution in [-0.2, 0) is 61.6 Å². The summed E-state index contributed by atoms with van der Waals surface area (Å²) in [7, 11) is -12.6. The Morgan fingerprint density at radius 1 is 0.816 bits per heavy atom. The van der Waals surface area contributed by atoms with E-state index in [-0.39, 0.29) is 45.4 Å².